The maximum atomic E-state index is 4.96. The second-order valence-corrected chi connectivity index (χ2v) is 5.72. The normalized spacial score (nSPS) is 10.9. The molecule has 0 unspecified atom stereocenters. The second-order valence-electron chi connectivity index (χ2n) is 5.72. The van der Waals surface area contributed by atoms with Gasteiger partial charge < -0.3 is 9.88 Å². The van der Waals surface area contributed by atoms with Gasteiger partial charge in [-0.15, -0.1) is 0 Å². The van der Waals surface area contributed by atoms with Crippen molar-refractivity contribution in [2.24, 2.45) is 7.05 Å². The van der Waals surface area contributed by atoms with Crippen LogP contribution in [-0.4, -0.2) is 23.1 Å². The van der Waals surface area contributed by atoms with Crippen LogP contribution in [0.1, 0.15) is 12.2 Å². The van der Waals surface area contributed by atoms with Crippen LogP contribution in [0.4, 0.5) is 0 Å². The van der Waals surface area contributed by atoms with Gasteiger partial charge in [0.05, 0.1) is 11.4 Å². The van der Waals surface area contributed by atoms with E-state index in [1.807, 2.05) is 13.1 Å². The smallest absolute Gasteiger partial charge is 0.109 e. The van der Waals surface area contributed by atoms with E-state index in [0.717, 1.165) is 30.9 Å². The molecule has 2 aromatic carbocycles. The molecule has 1 N–H and O–H groups in total. The Labute approximate surface area is 138 Å². The molecule has 1 aromatic heterocycles. The Bertz CT molecular complexity index is 745. The molecule has 0 saturated carbocycles. The van der Waals surface area contributed by atoms with E-state index in [2.05, 4.69) is 71.5 Å². The number of hydrogen-bond acceptors (Lipinski definition) is 2. The minimum Gasteiger partial charge on any atom is -0.331 e. The van der Waals surface area contributed by atoms with Crippen LogP contribution in [0.3, 0.4) is 0 Å². The molecule has 0 amide bonds. The third kappa shape index (κ3) is 3.35. The lowest BCUT2D eigenvalue weighted by molar-refractivity contribution is 0.681. The number of benzene rings is 2. The molecule has 0 fully saturated rings. The fraction of sp³-hybridized carbons (Fsp3) is 0.250. The predicted octanol–water partition coefficient (Wildman–Crippen LogP) is 3.91. The number of imidazole rings is 1. The van der Waals surface area contributed by atoms with Crippen molar-refractivity contribution in [2.75, 3.05) is 13.6 Å². The van der Waals surface area contributed by atoms with Gasteiger partial charge in [0, 0.05) is 24.6 Å². The zero-order valence-electron chi connectivity index (χ0n) is 13.8. The third-order valence-corrected chi connectivity index (χ3v) is 4.11. The van der Waals surface area contributed by atoms with Gasteiger partial charge in [-0.1, -0.05) is 60.7 Å². The number of aryl methyl sites for hydroxylation is 1. The Hall–Kier alpha value is -2.39. The maximum absolute atomic E-state index is 4.96. The molecule has 118 valence electrons. The Kier molecular flexibility index (Phi) is 4.89. The molecule has 0 aliphatic carbocycles. The maximum Gasteiger partial charge on any atom is 0.109 e. The van der Waals surface area contributed by atoms with Gasteiger partial charge in [0.2, 0.25) is 0 Å². The van der Waals surface area contributed by atoms with Crippen molar-refractivity contribution in [2.45, 2.75) is 12.8 Å². The molecular weight excluding hydrogens is 282 g/mol. The SMILES string of the molecule is CNCCCc1nc(-c2ccccc2)c(-c2ccccc2)n1C. The highest BCUT2D eigenvalue weighted by Gasteiger charge is 2.17. The minimum atomic E-state index is 0.976. The minimum absolute atomic E-state index is 0.976. The van der Waals surface area contributed by atoms with Crippen LogP contribution in [0.25, 0.3) is 22.5 Å². The first-order chi connectivity index (χ1) is 11.3. The molecule has 0 saturated heterocycles. The third-order valence-electron chi connectivity index (χ3n) is 4.11. The van der Waals surface area contributed by atoms with Gasteiger partial charge in [0.1, 0.15) is 5.82 Å². The van der Waals surface area contributed by atoms with Crippen LogP contribution >= 0.6 is 0 Å². The Balaban J connectivity index is 2.08. The first-order valence-electron chi connectivity index (χ1n) is 8.12. The van der Waals surface area contributed by atoms with Gasteiger partial charge in [-0.25, -0.2) is 4.98 Å². The fourth-order valence-corrected chi connectivity index (χ4v) is 2.92. The van der Waals surface area contributed by atoms with E-state index in [1.54, 1.807) is 0 Å². The average molecular weight is 305 g/mol. The summed E-state index contributed by atoms with van der Waals surface area (Å²) in [5.74, 6) is 1.14. The number of nitrogens with one attached hydrogen (secondary N) is 1. The summed E-state index contributed by atoms with van der Waals surface area (Å²) in [7, 11) is 4.11. The molecule has 3 nitrogen and oxygen atoms in total. The van der Waals surface area contributed by atoms with Crippen molar-refractivity contribution in [1.82, 2.24) is 14.9 Å². The van der Waals surface area contributed by atoms with Crippen molar-refractivity contribution in [3.05, 3.63) is 66.5 Å². The standard InChI is InChI=1S/C20H23N3/c1-21-15-9-14-18-22-19(16-10-5-3-6-11-16)20(23(18)2)17-12-7-4-8-13-17/h3-8,10-13,21H,9,14-15H2,1-2H3. The van der Waals surface area contributed by atoms with Gasteiger partial charge in [0.15, 0.2) is 0 Å². The highest BCUT2D eigenvalue weighted by atomic mass is 15.1. The topological polar surface area (TPSA) is 29.9 Å². The Morgan fingerprint density at radius 1 is 0.913 bits per heavy atom. The average Bonchev–Trinajstić information content (AvgIpc) is 2.93. The lowest BCUT2D eigenvalue weighted by Crippen LogP contribution is -2.10. The summed E-state index contributed by atoms with van der Waals surface area (Å²) in [6.45, 7) is 1.01. The van der Waals surface area contributed by atoms with E-state index in [0.29, 0.717) is 0 Å². The van der Waals surface area contributed by atoms with Gasteiger partial charge in [0.25, 0.3) is 0 Å². The fourth-order valence-electron chi connectivity index (χ4n) is 2.92. The number of rotatable bonds is 6. The van der Waals surface area contributed by atoms with E-state index >= 15 is 0 Å². The Morgan fingerprint density at radius 2 is 1.52 bits per heavy atom. The molecule has 0 aliphatic rings. The van der Waals surface area contributed by atoms with Crippen LogP contribution < -0.4 is 5.32 Å². The molecule has 0 aliphatic heterocycles. The molecule has 1 heterocycles. The highest BCUT2D eigenvalue weighted by molar-refractivity contribution is 5.79. The molecule has 0 spiro atoms. The molecule has 3 rings (SSSR count). The van der Waals surface area contributed by atoms with Crippen LogP contribution in [0.5, 0.6) is 0 Å². The van der Waals surface area contributed by atoms with Crippen molar-refractivity contribution in [3.63, 3.8) is 0 Å². The van der Waals surface area contributed by atoms with Crippen LogP contribution in [-0.2, 0) is 13.5 Å². The van der Waals surface area contributed by atoms with Crippen molar-refractivity contribution >= 4 is 0 Å². The van der Waals surface area contributed by atoms with Gasteiger partial charge >= 0.3 is 0 Å². The first-order valence-corrected chi connectivity index (χ1v) is 8.12. The van der Waals surface area contributed by atoms with Crippen molar-refractivity contribution in [3.8, 4) is 22.5 Å². The number of hydrogen-bond donors (Lipinski definition) is 1. The Morgan fingerprint density at radius 3 is 2.13 bits per heavy atom. The summed E-state index contributed by atoms with van der Waals surface area (Å²) >= 11 is 0. The van der Waals surface area contributed by atoms with E-state index in [1.165, 1.54) is 16.8 Å². The highest BCUT2D eigenvalue weighted by Crippen LogP contribution is 2.32. The van der Waals surface area contributed by atoms with E-state index in [-0.39, 0.29) is 0 Å². The lowest BCUT2D eigenvalue weighted by atomic mass is 10.1. The van der Waals surface area contributed by atoms with E-state index in [4.69, 9.17) is 4.98 Å². The predicted molar refractivity (Wildman–Crippen MR) is 96.3 cm³/mol. The van der Waals surface area contributed by atoms with Gasteiger partial charge in [-0.2, -0.15) is 0 Å². The van der Waals surface area contributed by atoms with Crippen molar-refractivity contribution < 1.29 is 0 Å². The first kappa shape index (κ1) is 15.5. The summed E-state index contributed by atoms with van der Waals surface area (Å²) < 4.78 is 2.24. The molecule has 0 bridgehead atoms. The molecule has 3 heteroatoms. The summed E-state index contributed by atoms with van der Waals surface area (Å²) in [6, 6.07) is 21.0. The molecule has 0 radical (unpaired) electrons. The number of nitrogens with zero attached hydrogens (tertiary/aromatic N) is 2. The van der Waals surface area contributed by atoms with Gasteiger partial charge in [-0.3, -0.25) is 0 Å². The molecule has 23 heavy (non-hydrogen) atoms. The zero-order valence-corrected chi connectivity index (χ0v) is 13.8. The molecule has 3 aromatic rings. The summed E-state index contributed by atoms with van der Waals surface area (Å²) in [4.78, 5) is 4.96. The summed E-state index contributed by atoms with van der Waals surface area (Å²) in [5.41, 5.74) is 4.64. The number of aromatic nitrogens is 2. The molecular formula is C20H23N3. The van der Waals surface area contributed by atoms with Crippen LogP contribution in [0.2, 0.25) is 0 Å². The van der Waals surface area contributed by atoms with Crippen LogP contribution in [0.15, 0.2) is 60.7 Å². The largest absolute Gasteiger partial charge is 0.331 e. The second kappa shape index (κ2) is 7.25. The van der Waals surface area contributed by atoms with Crippen LogP contribution in [0, 0.1) is 0 Å². The van der Waals surface area contributed by atoms with Gasteiger partial charge in [-0.05, 0) is 20.0 Å². The summed E-state index contributed by atoms with van der Waals surface area (Å²) in [5, 5.41) is 3.21. The van der Waals surface area contributed by atoms with Crippen molar-refractivity contribution in [1.29, 1.82) is 0 Å². The lowest BCUT2D eigenvalue weighted by Gasteiger charge is -2.08. The zero-order chi connectivity index (χ0) is 16.1. The quantitative estimate of drug-likeness (QED) is 0.700. The summed E-state index contributed by atoms with van der Waals surface area (Å²) in [6.07, 6.45) is 2.06. The van der Waals surface area contributed by atoms with E-state index in [9.17, 15) is 0 Å². The molecule has 0 atom stereocenters. The monoisotopic (exact) mass is 305 g/mol. The van der Waals surface area contributed by atoms with E-state index < -0.39 is 0 Å².